The normalized spacial score (nSPS) is 12.4. The SMILES string of the molecule is Cc1cnc(NC(C)Cc2ccsc2)c(Br)c1. The molecule has 0 bridgehead atoms. The van der Waals surface area contributed by atoms with Crippen molar-refractivity contribution in [1.29, 1.82) is 0 Å². The van der Waals surface area contributed by atoms with Gasteiger partial charge in [-0.05, 0) is 70.2 Å². The van der Waals surface area contributed by atoms with Gasteiger partial charge < -0.3 is 5.32 Å². The maximum atomic E-state index is 4.39. The van der Waals surface area contributed by atoms with Crippen molar-refractivity contribution in [3.63, 3.8) is 0 Å². The third kappa shape index (κ3) is 3.54. The minimum Gasteiger partial charge on any atom is -0.366 e. The lowest BCUT2D eigenvalue weighted by Gasteiger charge is -2.15. The van der Waals surface area contributed by atoms with Gasteiger partial charge in [-0.25, -0.2) is 4.98 Å². The van der Waals surface area contributed by atoms with Crippen LogP contribution in [-0.4, -0.2) is 11.0 Å². The Morgan fingerprint density at radius 2 is 2.35 bits per heavy atom. The molecular formula is C13H15BrN2S. The Balaban J connectivity index is 2.00. The van der Waals surface area contributed by atoms with Gasteiger partial charge in [0.2, 0.25) is 0 Å². The summed E-state index contributed by atoms with van der Waals surface area (Å²) in [7, 11) is 0. The number of hydrogen-bond acceptors (Lipinski definition) is 3. The van der Waals surface area contributed by atoms with Crippen molar-refractivity contribution >= 4 is 33.1 Å². The minimum absolute atomic E-state index is 0.371. The Kier molecular flexibility index (Phi) is 4.18. The summed E-state index contributed by atoms with van der Waals surface area (Å²) >= 11 is 5.27. The van der Waals surface area contributed by atoms with E-state index in [1.54, 1.807) is 11.3 Å². The van der Waals surface area contributed by atoms with E-state index in [1.807, 2.05) is 13.1 Å². The van der Waals surface area contributed by atoms with Gasteiger partial charge in [-0.3, -0.25) is 0 Å². The maximum absolute atomic E-state index is 4.39. The fourth-order valence-corrected chi connectivity index (χ4v) is 2.95. The molecule has 2 nitrogen and oxygen atoms in total. The van der Waals surface area contributed by atoms with Gasteiger partial charge in [-0.15, -0.1) is 0 Å². The van der Waals surface area contributed by atoms with E-state index in [9.17, 15) is 0 Å². The second-order valence-corrected chi connectivity index (χ2v) is 5.86. The van der Waals surface area contributed by atoms with Gasteiger partial charge in [-0.2, -0.15) is 11.3 Å². The highest BCUT2D eigenvalue weighted by molar-refractivity contribution is 9.10. The maximum Gasteiger partial charge on any atom is 0.140 e. The van der Waals surface area contributed by atoms with Gasteiger partial charge in [0.05, 0.1) is 4.47 Å². The van der Waals surface area contributed by atoms with E-state index >= 15 is 0 Å². The zero-order chi connectivity index (χ0) is 12.3. The lowest BCUT2D eigenvalue weighted by atomic mass is 10.1. The highest BCUT2D eigenvalue weighted by Gasteiger charge is 2.07. The van der Waals surface area contributed by atoms with Gasteiger partial charge >= 0.3 is 0 Å². The highest BCUT2D eigenvalue weighted by atomic mass is 79.9. The number of halogens is 1. The summed E-state index contributed by atoms with van der Waals surface area (Å²) in [5, 5.41) is 7.73. The molecule has 0 aliphatic heterocycles. The molecule has 2 aromatic rings. The van der Waals surface area contributed by atoms with Gasteiger partial charge in [0.25, 0.3) is 0 Å². The monoisotopic (exact) mass is 310 g/mol. The summed E-state index contributed by atoms with van der Waals surface area (Å²) in [6.45, 7) is 4.21. The second-order valence-electron chi connectivity index (χ2n) is 4.22. The Morgan fingerprint density at radius 3 is 3.00 bits per heavy atom. The topological polar surface area (TPSA) is 24.9 Å². The van der Waals surface area contributed by atoms with Crippen LogP contribution in [0.4, 0.5) is 5.82 Å². The van der Waals surface area contributed by atoms with Crippen LogP contribution in [0, 0.1) is 6.92 Å². The number of anilines is 1. The van der Waals surface area contributed by atoms with Gasteiger partial charge in [0, 0.05) is 12.2 Å². The zero-order valence-corrected chi connectivity index (χ0v) is 12.3. The first-order valence-electron chi connectivity index (χ1n) is 5.55. The molecule has 0 fully saturated rings. The number of pyridine rings is 1. The van der Waals surface area contributed by atoms with Gasteiger partial charge in [0.15, 0.2) is 0 Å². The lowest BCUT2D eigenvalue weighted by Crippen LogP contribution is -2.18. The molecule has 2 heterocycles. The summed E-state index contributed by atoms with van der Waals surface area (Å²) in [6, 6.07) is 4.61. The first-order chi connectivity index (χ1) is 8.15. The third-order valence-electron chi connectivity index (χ3n) is 2.48. The Hall–Kier alpha value is -0.870. The standard InChI is InChI=1S/C13H15BrN2S/c1-9-5-12(14)13(15-7-9)16-10(2)6-11-3-4-17-8-11/h3-5,7-8,10H,6H2,1-2H3,(H,15,16). The van der Waals surface area contributed by atoms with Crippen LogP contribution in [0.5, 0.6) is 0 Å². The van der Waals surface area contributed by atoms with Crippen molar-refractivity contribution in [1.82, 2.24) is 4.98 Å². The Bertz CT molecular complexity index is 482. The molecule has 2 aromatic heterocycles. The molecule has 0 aliphatic rings. The Labute approximate surface area is 114 Å². The first kappa shape index (κ1) is 12.6. The number of hydrogen-bond donors (Lipinski definition) is 1. The molecule has 1 N–H and O–H groups in total. The molecule has 4 heteroatoms. The molecular weight excluding hydrogens is 296 g/mol. The third-order valence-corrected chi connectivity index (χ3v) is 3.82. The van der Waals surface area contributed by atoms with Crippen molar-refractivity contribution in [3.05, 3.63) is 44.7 Å². The predicted octanol–water partition coefficient (Wildman–Crippen LogP) is 4.26. The summed E-state index contributed by atoms with van der Waals surface area (Å²) in [5.74, 6) is 0.915. The number of thiophene rings is 1. The molecule has 0 spiro atoms. The number of aryl methyl sites for hydroxylation is 1. The average Bonchev–Trinajstić information content (AvgIpc) is 2.75. The van der Waals surface area contributed by atoms with E-state index in [-0.39, 0.29) is 0 Å². The fraction of sp³-hybridized carbons (Fsp3) is 0.308. The summed E-state index contributed by atoms with van der Waals surface area (Å²) < 4.78 is 1.02. The molecule has 0 radical (unpaired) electrons. The van der Waals surface area contributed by atoms with Crippen LogP contribution in [0.3, 0.4) is 0 Å². The van der Waals surface area contributed by atoms with E-state index in [1.165, 1.54) is 5.56 Å². The fourth-order valence-electron chi connectivity index (χ4n) is 1.69. The van der Waals surface area contributed by atoms with Crippen LogP contribution in [0.2, 0.25) is 0 Å². The molecule has 2 rings (SSSR count). The van der Waals surface area contributed by atoms with E-state index in [2.05, 4.69) is 56.0 Å². The van der Waals surface area contributed by atoms with Crippen molar-refractivity contribution in [2.24, 2.45) is 0 Å². The van der Waals surface area contributed by atoms with Gasteiger partial charge in [-0.1, -0.05) is 0 Å². The molecule has 0 amide bonds. The van der Waals surface area contributed by atoms with Gasteiger partial charge in [0.1, 0.15) is 5.82 Å². The van der Waals surface area contributed by atoms with Crippen LogP contribution in [0.1, 0.15) is 18.1 Å². The quantitative estimate of drug-likeness (QED) is 0.912. The van der Waals surface area contributed by atoms with E-state index in [0.29, 0.717) is 6.04 Å². The molecule has 1 unspecified atom stereocenters. The number of nitrogens with zero attached hydrogens (tertiary/aromatic N) is 1. The lowest BCUT2D eigenvalue weighted by molar-refractivity contribution is 0.786. The predicted molar refractivity (Wildman–Crippen MR) is 77.8 cm³/mol. The number of aromatic nitrogens is 1. The molecule has 0 saturated heterocycles. The van der Waals surface area contributed by atoms with Crippen molar-refractivity contribution in [3.8, 4) is 0 Å². The minimum atomic E-state index is 0.371. The van der Waals surface area contributed by atoms with Crippen molar-refractivity contribution in [2.45, 2.75) is 26.3 Å². The summed E-state index contributed by atoms with van der Waals surface area (Å²) in [5.41, 5.74) is 2.53. The molecule has 1 atom stereocenters. The van der Waals surface area contributed by atoms with E-state index < -0.39 is 0 Å². The largest absolute Gasteiger partial charge is 0.366 e. The summed E-state index contributed by atoms with van der Waals surface area (Å²) in [4.78, 5) is 4.39. The van der Waals surface area contributed by atoms with E-state index in [0.717, 1.165) is 22.3 Å². The second kappa shape index (κ2) is 5.65. The molecule has 90 valence electrons. The molecule has 0 aliphatic carbocycles. The first-order valence-corrected chi connectivity index (χ1v) is 7.28. The van der Waals surface area contributed by atoms with Crippen LogP contribution < -0.4 is 5.32 Å². The molecule has 0 aromatic carbocycles. The van der Waals surface area contributed by atoms with Crippen LogP contribution in [0.25, 0.3) is 0 Å². The van der Waals surface area contributed by atoms with Crippen LogP contribution in [-0.2, 0) is 6.42 Å². The summed E-state index contributed by atoms with van der Waals surface area (Å²) in [6.07, 6.45) is 2.90. The highest BCUT2D eigenvalue weighted by Crippen LogP contribution is 2.22. The molecule has 17 heavy (non-hydrogen) atoms. The number of rotatable bonds is 4. The zero-order valence-electron chi connectivity index (χ0n) is 9.90. The number of nitrogens with one attached hydrogen (secondary N) is 1. The van der Waals surface area contributed by atoms with Crippen LogP contribution >= 0.6 is 27.3 Å². The molecule has 0 saturated carbocycles. The van der Waals surface area contributed by atoms with Crippen molar-refractivity contribution in [2.75, 3.05) is 5.32 Å². The van der Waals surface area contributed by atoms with Crippen LogP contribution in [0.15, 0.2) is 33.6 Å². The van der Waals surface area contributed by atoms with Crippen molar-refractivity contribution < 1.29 is 0 Å². The van der Waals surface area contributed by atoms with E-state index in [4.69, 9.17) is 0 Å². The average molecular weight is 311 g/mol. The Morgan fingerprint density at radius 1 is 1.53 bits per heavy atom. The smallest absolute Gasteiger partial charge is 0.140 e.